The van der Waals surface area contributed by atoms with E-state index in [1.165, 1.54) is 0 Å². The van der Waals surface area contributed by atoms with Gasteiger partial charge in [-0.1, -0.05) is 22.0 Å². The molecule has 0 unspecified atom stereocenters. The Hall–Kier alpha value is -1.88. The highest BCUT2D eigenvalue weighted by molar-refractivity contribution is 9.10. The lowest BCUT2D eigenvalue weighted by Crippen LogP contribution is -2.31. The van der Waals surface area contributed by atoms with Crippen molar-refractivity contribution in [3.63, 3.8) is 0 Å². The third-order valence-electron chi connectivity index (χ3n) is 3.67. The van der Waals surface area contributed by atoms with Crippen molar-refractivity contribution in [1.29, 1.82) is 0 Å². The number of nitrogens with zero attached hydrogens (tertiary/aromatic N) is 2. The summed E-state index contributed by atoms with van der Waals surface area (Å²) >= 11 is 3.38. The Morgan fingerprint density at radius 3 is 2.77 bits per heavy atom. The van der Waals surface area contributed by atoms with Gasteiger partial charge in [-0.25, -0.2) is 4.98 Å². The molecule has 0 N–H and O–H groups in total. The molecule has 1 amide bonds. The van der Waals surface area contributed by atoms with Crippen molar-refractivity contribution in [2.75, 3.05) is 13.1 Å². The SMILES string of the molecule is Cc1cccc(O[C@@H]2CCN(C(=O)c3ccc(Br)cc3)C2)n1. The summed E-state index contributed by atoms with van der Waals surface area (Å²) in [6.45, 7) is 3.25. The van der Waals surface area contributed by atoms with Crippen LogP contribution in [0, 0.1) is 6.92 Å². The van der Waals surface area contributed by atoms with E-state index in [0.717, 1.165) is 16.6 Å². The quantitative estimate of drug-likeness (QED) is 0.841. The summed E-state index contributed by atoms with van der Waals surface area (Å²) in [5.74, 6) is 0.679. The summed E-state index contributed by atoms with van der Waals surface area (Å²) in [7, 11) is 0. The second-order valence-corrected chi connectivity index (χ2v) is 6.32. The van der Waals surface area contributed by atoms with Crippen LogP contribution in [-0.2, 0) is 0 Å². The lowest BCUT2D eigenvalue weighted by molar-refractivity contribution is 0.0771. The fraction of sp³-hybridized carbons (Fsp3) is 0.294. The summed E-state index contributed by atoms with van der Waals surface area (Å²) < 4.78 is 6.85. The predicted molar refractivity (Wildman–Crippen MR) is 88.1 cm³/mol. The largest absolute Gasteiger partial charge is 0.472 e. The zero-order chi connectivity index (χ0) is 15.5. The number of halogens is 1. The number of aryl methyl sites for hydroxylation is 1. The van der Waals surface area contributed by atoms with E-state index in [9.17, 15) is 4.79 Å². The van der Waals surface area contributed by atoms with Gasteiger partial charge in [-0.2, -0.15) is 0 Å². The third-order valence-corrected chi connectivity index (χ3v) is 4.20. The minimum atomic E-state index is 0.00805. The van der Waals surface area contributed by atoms with Crippen LogP contribution in [0.5, 0.6) is 5.88 Å². The number of carbonyl (C=O) groups excluding carboxylic acids is 1. The van der Waals surface area contributed by atoms with Gasteiger partial charge < -0.3 is 9.64 Å². The normalized spacial score (nSPS) is 17.5. The number of hydrogen-bond acceptors (Lipinski definition) is 3. The van der Waals surface area contributed by atoms with Gasteiger partial charge in [-0.3, -0.25) is 4.79 Å². The molecule has 22 heavy (non-hydrogen) atoms. The van der Waals surface area contributed by atoms with E-state index in [1.807, 2.05) is 54.3 Å². The zero-order valence-corrected chi connectivity index (χ0v) is 13.9. The average molecular weight is 361 g/mol. The number of hydrogen-bond donors (Lipinski definition) is 0. The molecule has 1 fully saturated rings. The number of carbonyl (C=O) groups is 1. The maximum atomic E-state index is 12.4. The minimum absolute atomic E-state index is 0.00805. The Kier molecular flexibility index (Phi) is 4.43. The molecule has 1 aliphatic rings. The van der Waals surface area contributed by atoms with E-state index in [-0.39, 0.29) is 12.0 Å². The molecule has 4 nitrogen and oxygen atoms in total. The van der Waals surface area contributed by atoms with Gasteiger partial charge in [0.15, 0.2) is 0 Å². The molecule has 5 heteroatoms. The molecular weight excluding hydrogens is 344 g/mol. The smallest absolute Gasteiger partial charge is 0.253 e. The Morgan fingerprint density at radius 2 is 2.05 bits per heavy atom. The highest BCUT2D eigenvalue weighted by Crippen LogP contribution is 2.19. The molecule has 0 spiro atoms. The van der Waals surface area contributed by atoms with E-state index in [4.69, 9.17) is 4.74 Å². The van der Waals surface area contributed by atoms with Crippen LogP contribution in [0.2, 0.25) is 0 Å². The molecule has 1 aromatic heterocycles. The van der Waals surface area contributed by atoms with Crippen molar-refractivity contribution in [1.82, 2.24) is 9.88 Å². The average Bonchev–Trinajstić information content (AvgIpc) is 2.96. The van der Waals surface area contributed by atoms with Gasteiger partial charge in [0, 0.05) is 34.8 Å². The van der Waals surface area contributed by atoms with Crippen LogP contribution in [0.1, 0.15) is 22.5 Å². The molecule has 2 aromatic rings. The Morgan fingerprint density at radius 1 is 1.27 bits per heavy atom. The maximum Gasteiger partial charge on any atom is 0.253 e. The molecule has 1 aromatic carbocycles. The summed E-state index contributed by atoms with van der Waals surface area (Å²) in [6.07, 6.45) is 0.839. The maximum absolute atomic E-state index is 12.4. The van der Waals surface area contributed by atoms with Gasteiger partial charge in [0.05, 0.1) is 6.54 Å². The van der Waals surface area contributed by atoms with Crippen molar-refractivity contribution < 1.29 is 9.53 Å². The number of likely N-dealkylation sites (tertiary alicyclic amines) is 1. The van der Waals surface area contributed by atoms with Gasteiger partial charge >= 0.3 is 0 Å². The number of rotatable bonds is 3. The fourth-order valence-electron chi connectivity index (χ4n) is 2.54. The zero-order valence-electron chi connectivity index (χ0n) is 12.3. The van der Waals surface area contributed by atoms with E-state index in [0.29, 0.717) is 24.5 Å². The second kappa shape index (κ2) is 6.48. The van der Waals surface area contributed by atoms with E-state index < -0.39 is 0 Å². The Balaban J connectivity index is 1.62. The molecule has 1 saturated heterocycles. The predicted octanol–water partition coefficient (Wildman–Crippen LogP) is 3.45. The first-order chi connectivity index (χ1) is 10.6. The molecule has 0 radical (unpaired) electrons. The van der Waals surface area contributed by atoms with Gasteiger partial charge in [0.1, 0.15) is 6.10 Å². The standard InChI is InChI=1S/C17H17BrN2O2/c1-12-3-2-4-16(19-12)22-15-9-10-20(11-15)17(21)13-5-7-14(18)8-6-13/h2-8,15H,9-11H2,1H3/t15-/m1/s1. The molecule has 2 heterocycles. The van der Waals surface area contributed by atoms with Crippen LogP contribution >= 0.6 is 15.9 Å². The molecule has 0 saturated carbocycles. The molecule has 114 valence electrons. The fourth-order valence-corrected chi connectivity index (χ4v) is 2.80. The van der Waals surface area contributed by atoms with Crippen LogP contribution in [0.3, 0.4) is 0 Å². The second-order valence-electron chi connectivity index (χ2n) is 5.40. The molecular formula is C17H17BrN2O2. The number of pyridine rings is 1. The van der Waals surface area contributed by atoms with Gasteiger partial charge in [-0.15, -0.1) is 0 Å². The van der Waals surface area contributed by atoms with Crippen molar-refractivity contribution >= 4 is 21.8 Å². The lowest BCUT2D eigenvalue weighted by atomic mass is 10.2. The molecule has 1 aliphatic heterocycles. The van der Waals surface area contributed by atoms with Crippen LogP contribution in [-0.4, -0.2) is 35.0 Å². The summed E-state index contributed by atoms with van der Waals surface area (Å²) in [5.41, 5.74) is 1.64. The molecule has 0 bridgehead atoms. The molecule has 3 rings (SSSR count). The van der Waals surface area contributed by atoms with Crippen molar-refractivity contribution in [2.24, 2.45) is 0 Å². The highest BCUT2D eigenvalue weighted by Gasteiger charge is 2.28. The monoisotopic (exact) mass is 360 g/mol. The van der Waals surface area contributed by atoms with Crippen molar-refractivity contribution in [3.05, 3.63) is 58.2 Å². The van der Waals surface area contributed by atoms with Crippen LogP contribution in [0.4, 0.5) is 0 Å². The summed E-state index contributed by atoms with van der Waals surface area (Å²) in [4.78, 5) is 18.6. The van der Waals surface area contributed by atoms with Crippen molar-refractivity contribution in [3.8, 4) is 5.88 Å². The lowest BCUT2D eigenvalue weighted by Gasteiger charge is -2.17. The van der Waals surface area contributed by atoms with E-state index in [1.54, 1.807) is 0 Å². The molecule has 0 aliphatic carbocycles. The number of benzene rings is 1. The minimum Gasteiger partial charge on any atom is -0.472 e. The van der Waals surface area contributed by atoms with Crippen LogP contribution in [0.25, 0.3) is 0 Å². The number of amides is 1. The van der Waals surface area contributed by atoms with E-state index in [2.05, 4.69) is 20.9 Å². The highest BCUT2D eigenvalue weighted by atomic mass is 79.9. The number of aromatic nitrogens is 1. The van der Waals surface area contributed by atoms with Crippen LogP contribution < -0.4 is 4.74 Å². The van der Waals surface area contributed by atoms with Crippen molar-refractivity contribution in [2.45, 2.75) is 19.4 Å². The summed E-state index contributed by atoms with van der Waals surface area (Å²) in [6, 6.07) is 13.2. The first-order valence-electron chi connectivity index (χ1n) is 7.27. The first kappa shape index (κ1) is 15.0. The van der Waals surface area contributed by atoms with Crippen LogP contribution in [0.15, 0.2) is 46.9 Å². The summed E-state index contributed by atoms with van der Waals surface area (Å²) in [5, 5.41) is 0. The number of ether oxygens (including phenoxy) is 1. The van der Waals surface area contributed by atoms with Gasteiger partial charge in [0.2, 0.25) is 5.88 Å². The first-order valence-corrected chi connectivity index (χ1v) is 8.06. The molecule has 1 atom stereocenters. The Labute approximate surface area is 138 Å². The van der Waals surface area contributed by atoms with Gasteiger partial charge in [-0.05, 0) is 37.3 Å². The van der Waals surface area contributed by atoms with Gasteiger partial charge in [0.25, 0.3) is 5.91 Å². The Bertz CT molecular complexity index is 673. The topological polar surface area (TPSA) is 42.4 Å². The van der Waals surface area contributed by atoms with E-state index >= 15 is 0 Å². The third kappa shape index (κ3) is 3.47.